The molecule has 0 saturated heterocycles. The van der Waals surface area contributed by atoms with Gasteiger partial charge in [0.2, 0.25) is 6.33 Å². The summed E-state index contributed by atoms with van der Waals surface area (Å²) in [6.45, 7) is 3.17. The number of benzene rings is 2. The highest BCUT2D eigenvalue weighted by Crippen LogP contribution is 2.30. The topological polar surface area (TPSA) is 8.81 Å². The van der Waals surface area contributed by atoms with E-state index in [9.17, 15) is 13.2 Å². The molecule has 168 valence electrons. The van der Waals surface area contributed by atoms with Crippen LogP contribution in [0.3, 0.4) is 0 Å². The van der Waals surface area contributed by atoms with Gasteiger partial charge in [0.25, 0.3) is 0 Å². The number of unbranched alkanes of at least 4 members (excludes halogenated alkanes) is 9. The van der Waals surface area contributed by atoms with Crippen LogP contribution < -0.4 is 4.57 Å². The standard InChI is InChI=1S/C26H34F3N2/c1-2-3-4-5-6-7-8-9-10-13-20-30-21-31(25-15-12-11-14-24(25)30)23-18-16-22(17-19-23)26(27,28)29/h11-12,14-19,21H,2-10,13,20H2,1H3/q+1. The average molecular weight is 432 g/mol. The summed E-state index contributed by atoms with van der Waals surface area (Å²) in [5.41, 5.74) is 2.24. The molecule has 0 aliphatic heterocycles. The molecule has 0 fully saturated rings. The first kappa shape index (κ1) is 23.4. The Balaban J connectivity index is 1.56. The first-order valence-electron chi connectivity index (χ1n) is 11.7. The van der Waals surface area contributed by atoms with Crippen molar-refractivity contribution in [1.82, 2.24) is 4.57 Å². The average Bonchev–Trinajstić information content (AvgIpc) is 3.13. The summed E-state index contributed by atoms with van der Waals surface area (Å²) < 4.78 is 42.9. The number of aromatic nitrogens is 2. The minimum atomic E-state index is -4.31. The van der Waals surface area contributed by atoms with Crippen LogP contribution in [0.2, 0.25) is 0 Å². The van der Waals surface area contributed by atoms with Gasteiger partial charge in [-0.2, -0.15) is 17.7 Å². The van der Waals surface area contributed by atoms with Crippen LogP contribution in [0.4, 0.5) is 13.2 Å². The van der Waals surface area contributed by atoms with Crippen LogP contribution in [-0.4, -0.2) is 4.57 Å². The lowest BCUT2D eigenvalue weighted by molar-refractivity contribution is -0.672. The lowest BCUT2D eigenvalue weighted by Crippen LogP contribution is -2.32. The van der Waals surface area contributed by atoms with Crippen LogP contribution in [0.1, 0.15) is 76.7 Å². The van der Waals surface area contributed by atoms with E-state index in [2.05, 4.69) is 17.6 Å². The fraction of sp³-hybridized carbons (Fsp3) is 0.500. The van der Waals surface area contributed by atoms with E-state index >= 15 is 0 Å². The van der Waals surface area contributed by atoms with E-state index in [1.807, 2.05) is 29.1 Å². The predicted molar refractivity (Wildman–Crippen MR) is 120 cm³/mol. The molecular formula is C26H34F3N2+. The van der Waals surface area contributed by atoms with Crippen molar-refractivity contribution < 1.29 is 17.7 Å². The highest BCUT2D eigenvalue weighted by atomic mass is 19.4. The van der Waals surface area contributed by atoms with Crippen molar-refractivity contribution in [3.63, 3.8) is 0 Å². The molecule has 0 aliphatic rings. The smallest absolute Gasteiger partial charge is 0.229 e. The Morgan fingerprint density at radius 3 is 1.94 bits per heavy atom. The summed E-state index contributed by atoms with van der Waals surface area (Å²) in [4.78, 5) is 0. The fourth-order valence-electron chi connectivity index (χ4n) is 4.14. The zero-order valence-electron chi connectivity index (χ0n) is 18.5. The summed E-state index contributed by atoms with van der Waals surface area (Å²) in [6, 6.07) is 13.4. The highest BCUT2D eigenvalue weighted by Gasteiger charge is 2.30. The van der Waals surface area contributed by atoms with Gasteiger partial charge < -0.3 is 0 Å². The van der Waals surface area contributed by atoms with Gasteiger partial charge in [-0.15, -0.1) is 0 Å². The molecule has 5 heteroatoms. The summed E-state index contributed by atoms with van der Waals surface area (Å²) in [5, 5.41) is 0. The van der Waals surface area contributed by atoms with Gasteiger partial charge in [0.05, 0.1) is 12.1 Å². The molecule has 2 aromatic carbocycles. The molecule has 3 rings (SSSR count). The van der Waals surface area contributed by atoms with Crippen LogP contribution in [0, 0.1) is 0 Å². The van der Waals surface area contributed by atoms with Crippen molar-refractivity contribution in [3.8, 4) is 5.69 Å². The van der Waals surface area contributed by atoms with E-state index in [1.54, 1.807) is 12.1 Å². The van der Waals surface area contributed by atoms with E-state index in [0.717, 1.165) is 41.8 Å². The first-order valence-corrected chi connectivity index (χ1v) is 11.7. The molecule has 0 amide bonds. The SMILES string of the molecule is CCCCCCCCCCCC[n+]1cn(-c2ccc(C(F)(F)F)cc2)c2ccccc21. The van der Waals surface area contributed by atoms with Crippen LogP contribution in [-0.2, 0) is 12.7 Å². The lowest BCUT2D eigenvalue weighted by atomic mass is 10.1. The second kappa shape index (κ2) is 11.4. The molecule has 0 radical (unpaired) electrons. The number of hydrogen-bond acceptors (Lipinski definition) is 0. The van der Waals surface area contributed by atoms with Crippen molar-refractivity contribution in [2.24, 2.45) is 0 Å². The molecule has 0 saturated carbocycles. The van der Waals surface area contributed by atoms with E-state index in [1.165, 1.54) is 57.8 Å². The Bertz CT molecular complexity index is 926. The summed E-state index contributed by atoms with van der Waals surface area (Å²) in [5.74, 6) is 0. The fourth-order valence-corrected chi connectivity index (χ4v) is 4.14. The molecule has 0 N–H and O–H groups in total. The third kappa shape index (κ3) is 6.59. The minimum Gasteiger partial charge on any atom is -0.229 e. The quantitative estimate of drug-likeness (QED) is 0.204. The predicted octanol–water partition coefficient (Wildman–Crippen LogP) is 7.86. The van der Waals surface area contributed by atoms with Gasteiger partial charge in [0.1, 0.15) is 5.69 Å². The normalized spacial score (nSPS) is 12.0. The number of halogens is 3. The van der Waals surface area contributed by atoms with Crippen molar-refractivity contribution in [1.29, 1.82) is 0 Å². The molecule has 3 aromatic rings. The van der Waals surface area contributed by atoms with E-state index in [-0.39, 0.29) is 0 Å². The number of alkyl halides is 3. The largest absolute Gasteiger partial charge is 0.416 e. The molecule has 0 spiro atoms. The molecule has 0 atom stereocenters. The second-order valence-electron chi connectivity index (χ2n) is 8.39. The van der Waals surface area contributed by atoms with Crippen LogP contribution in [0.25, 0.3) is 16.7 Å². The van der Waals surface area contributed by atoms with Crippen molar-refractivity contribution in [3.05, 3.63) is 60.4 Å². The molecule has 2 nitrogen and oxygen atoms in total. The van der Waals surface area contributed by atoms with Gasteiger partial charge in [-0.3, -0.25) is 0 Å². The molecule has 0 unspecified atom stereocenters. The Hall–Kier alpha value is -2.30. The van der Waals surface area contributed by atoms with Gasteiger partial charge in [0, 0.05) is 0 Å². The summed E-state index contributed by atoms with van der Waals surface area (Å²) >= 11 is 0. The van der Waals surface area contributed by atoms with E-state index in [4.69, 9.17) is 0 Å². The van der Waals surface area contributed by atoms with Crippen molar-refractivity contribution in [2.75, 3.05) is 0 Å². The number of nitrogens with zero attached hydrogens (tertiary/aromatic N) is 2. The van der Waals surface area contributed by atoms with Gasteiger partial charge in [-0.25, -0.2) is 4.57 Å². The Morgan fingerprint density at radius 1 is 0.742 bits per heavy atom. The Labute approximate surface area is 183 Å². The zero-order valence-corrected chi connectivity index (χ0v) is 18.5. The molecule has 0 bridgehead atoms. The van der Waals surface area contributed by atoms with Crippen molar-refractivity contribution in [2.45, 2.75) is 83.9 Å². The maximum absolute atomic E-state index is 12.9. The zero-order chi connectivity index (χ0) is 22.1. The second-order valence-corrected chi connectivity index (χ2v) is 8.39. The van der Waals surface area contributed by atoms with Gasteiger partial charge in [-0.05, 0) is 49.2 Å². The molecule has 31 heavy (non-hydrogen) atoms. The number of imidazole rings is 1. The van der Waals surface area contributed by atoms with E-state index < -0.39 is 11.7 Å². The van der Waals surface area contributed by atoms with Gasteiger partial charge >= 0.3 is 6.18 Å². The molecule has 0 aliphatic carbocycles. The highest BCUT2D eigenvalue weighted by molar-refractivity contribution is 5.74. The Morgan fingerprint density at radius 2 is 1.32 bits per heavy atom. The number of hydrogen-bond donors (Lipinski definition) is 0. The van der Waals surface area contributed by atoms with Crippen LogP contribution >= 0.6 is 0 Å². The number of aryl methyl sites for hydroxylation is 1. The van der Waals surface area contributed by atoms with E-state index in [0.29, 0.717) is 0 Å². The van der Waals surface area contributed by atoms with Crippen LogP contribution in [0.5, 0.6) is 0 Å². The van der Waals surface area contributed by atoms with Crippen molar-refractivity contribution >= 4 is 11.0 Å². The summed E-state index contributed by atoms with van der Waals surface area (Å²) in [6.07, 6.45) is 10.7. The minimum absolute atomic E-state index is 0.619. The monoisotopic (exact) mass is 431 g/mol. The number of rotatable bonds is 12. The third-order valence-corrected chi connectivity index (χ3v) is 5.93. The number of fused-ring (bicyclic) bond motifs is 1. The molecular weight excluding hydrogens is 397 g/mol. The van der Waals surface area contributed by atoms with Gasteiger partial charge in [-0.1, -0.05) is 70.4 Å². The number of para-hydroxylation sites is 2. The third-order valence-electron chi connectivity index (χ3n) is 5.93. The Kier molecular flexibility index (Phi) is 8.56. The molecule has 1 aromatic heterocycles. The van der Waals surface area contributed by atoms with Gasteiger partial charge in [0.15, 0.2) is 11.0 Å². The molecule has 1 heterocycles. The van der Waals surface area contributed by atoms with Crippen LogP contribution in [0.15, 0.2) is 54.9 Å². The summed E-state index contributed by atoms with van der Waals surface area (Å²) in [7, 11) is 0. The maximum atomic E-state index is 12.9. The lowest BCUT2D eigenvalue weighted by Gasteiger charge is -2.06. The first-order chi connectivity index (χ1) is 15.0. The maximum Gasteiger partial charge on any atom is 0.416 e.